The van der Waals surface area contributed by atoms with Crippen LogP contribution in [0.4, 0.5) is 0 Å². The summed E-state index contributed by atoms with van der Waals surface area (Å²) >= 11 is 1.73. The SMILES string of the molecule is CCC(CC)C(=O)/C=C(\O)C(CC)CC.[2H]c1cc(-c2ncnc3c2sc2cc(CC(C)(C)C)ccc23)[c-]c2ccccc12.[Ir]. The Balaban J connectivity index is 0.000000297. The number of carbonyl (C=O) groups excluding carboxylic acids is 1. The van der Waals surface area contributed by atoms with Crippen molar-refractivity contribution in [3.63, 3.8) is 0 Å². The number of carbonyl (C=O) groups is 1. The van der Waals surface area contributed by atoms with Gasteiger partial charge in [0.1, 0.15) is 6.33 Å². The summed E-state index contributed by atoms with van der Waals surface area (Å²) in [5.41, 5.74) is 4.28. The molecule has 2 aromatic heterocycles. The van der Waals surface area contributed by atoms with Crippen molar-refractivity contribution in [3.05, 3.63) is 84.4 Å². The average molecular weight is 787 g/mol. The van der Waals surface area contributed by atoms with Crippen LogP contribution in [0.15, 0.2) is 72.7 Å². The minimum atomic E-state index is 0. The van der Waals surface area contributed by atoms with E-state index in [0.29, 0.717) is 6.04 Å². The van der Waals surface area contributed by atoms with Crippen LogP contribution in [0.1, 0.15) is 81.1 Å². The number of allylic oxidation sites excluding steroid dienone is 2. The van der Waals surface area contributed by atoms with E-state index >= 15 is 0 Å². The molecule has 0 atom stereocenters. The molecule has 3 aromatic carbocycles. The average Bonchev–Trinajstić information content (AvgIpc) is 3.36. The fraction of sp³-hybridized carbons (Fsp3) is 0.395. The molecule has 0 aliphatic carbocycles. The normalized spacial score (nSPS) is 12.4. The summed E-state index contributed by atoms with van der Waals surface area (Å²) in [5, 5.41) is 12.8. The molecule has 44 heavy (non-hydrogen) atoms. The summed E-state index contributed by atoms with van der Waals surface area (Å²) in [6, 6.07) is 20.4. The first-order valence-corrected chi connectivity index (χ1v) is 16.3. The van der Waals surface area contributed by atoms with Gasteiger partial charge in [-0.05, 0) is 49.1 Å². The number of ketones is 1. The number of aromatic nitrogens is 2. The number of rotatable bonds is 9. The molecule has 0 aliphatic rings. The van der Waals surface area contributed by atoms with Crippen molar-refractivity contribution in [1.29, 1.82) is 0 Å². The molecule has 1 radical (unpaired) electrons. The van der Waals surface area contributed by atoms with E-state index in [4.69, 9.17) is 1.37 Å². The van der Waals surface area contributed by atoms with E-state index in [0.717, 1.165) is 69.7 Å². The zero-order valence-electron chi connectivity index (χ0n) is 28.0. The third-order valence-corrected chi connectivity index (χ3v) is 9.11. The molecule has 0 fully saturated rings. The molecule has 0 saturated heterocycles. The Morgan fingerprint density at radius 1 is 1.00 bits per heavy atom. The topological polar surface area (TPSA) is 63.1 Å². The summed E-state index contributed by atoms with van der Waals surface area (Å²) < 4.78 is 10.7. The summed E-state index contributed by atoms with van der Waals surface area (Å²) in [6.45, 7) is 14.9. The van der Waals surface area contributed by atoms with Crippen LogP contribution in [0.2, 0.25) is 0 Å². The molecule has 235 valence electrons. The monoisotopic (exact) mass is 787 g/mol. The third-order valence-electron chi connectivity index (χ3n) is 7.96. The molecule has 0 aliphatic heterocycles. The van der Waals surface area contributed by atoms with Crippen LogP contribution in [0, 0.1) is 23.3 Å². The van der Waals surface area contributed by atoms with Gasteiger partial charge in [-0.3, -0.25) is 9.78 Å². The Morgan fingerprint density at radius 3 is 2.34 bits per heavy atom. The van der Waals surface area contributed by atoms with Crippen molar-refractivity contribution in [1.82, 2.24) is 9.97 Å². The van der Waals surface area contributed by atoms with Crippen molar-refractivity contribution in [2.24, 2.45) is 17.3 Å². The molecular formula is C38H45IrN2O2S-. The van der Waals surface area contributed by atoms with E-state index < -0.39 is 0 Å². The molecule has 2 heterocycles. The van der Waals surface area contributed by atoms with E-state index in [2.05, 4.69) is 55.0 Å². The predicted molar refractivity (Wildman–Crippen MR) is 184 cm³/mol. The standard InChI is InChI=1S/C25H21N2S.C13H24O2.Ir/c1-25(2,3)14-16-8-11-20-21(12-16)28-24-22(26-15-27-23(20)24)19-10-9-17-6-4-5-7-18(17)13-19;1-5-10(6-2)12(14)9-13(15)11(7-3)8-4;/h4-12,15H,14H2,1-3H3;9-11,14H,5-8H2,1-4H3;/q-1;;/b;12-9-;/i9D;;. The number of hydrogen-bond donors (Lipinski definition) is 1. The quantitative estimate of drug-likeness (QED) is 0.0918. The summed E-state index contributed by atoms with van der Waals surface area (Å²) in [5.74, 6) is 0.547. The van der Waals surface area contributed by atoms with Crippen LogP contribution in [0.5, 0.6) is 0 Å². The first kappa shape index (κ1) is 34.0. The zero-order valence-corrected chi connectivity index (χ0v) is 30.2. The molecule has 0 saturated carbocycles. The molecule has 4 nitrogen and oxygen atoms in total. The second kappa shape index (κ2) is 15.9. The van der Waals surface area contributed by atoms with Gasteiger partial charge in [-0.2, -0.15) is 0 Å². The van der Waals surface area contributed by atoms with Crippen LogP contribution in [0.25, 0.3) is 42.3 Å². The van der Waals surface area contributed by atoms with Crippen molar-refractivity contribution in [3.8, 4) is 11.3 Å². The first-order chi connectivity index (χ1) is 21.0. The molecule has 6 heteroatoms. The summed E-state index contributed by atoms with van der Waals surface area (Å²) in [7, 11) is 0. The van der Waals surface area contributed by atoms with Gasteiger partial charge in [-0.25, -0.2) is 4.98 Å². The summed E-state index contributed by atoms with van der Waals surface area (Å²) in [4.78, 5) is 20.9. The number of benzene rings is 3. The molecule has 0 amide bonds. The fourth-order valence-corrected chi connectivity index (χ4v) is 6.71. The minimum absolute atomic E-state index is 0. The third kappa shape index (κ3) is 8.62. The molecule has 5 aromatic rings. The van der Waals surface area contributed by atoms with Gasteiger partial charge < -0.3 is 5.11 Å². The van der Waals surface area contributed by atoms with Crippen LogP contribution < -0.4 is 0 Å². The largest absolute Gasteiger partial charge is 0.512 e. The van der Waals surface area contributed by atoms with Crippen LogP contribution in [0.3, 0.4) is 0 Å². The van der Waals surface area contributed by atoms with Gasteiger partial charge in [-0.1, -0.05) is 89.7 Å². The molecule has 1 N–H and O–H groups in total. The van der Waals surface area contributed by atoms with Crippen LogP contribution in [-0.4, -0.2) is 20.9 Å². The second-order valence-corrected chi connectivity index (χ2v) is 13.5. The van der Waals surface area contributed by atoms with Crippen LogP contribution >= 0.6 is 11.3 Å². The van der Waals surface area contributed by atoms with E-state index in [1.807, 2.05) is 58.0 Å². The molecular weight excluding hydrogens is 741 g/mol. The van der Waals surface area contributed by atoms with E-state index in [1.54, 1.807) is 17.7 Å². The first-order valence-electron chi connectivity index (χ1n) is 16.0. The zero-order chi connectivity index (χ0) is 32.0. The maximum atomic E-state index is 11.7. The van der Waals surface area contributed by atoms with Crippen LogP contribution in [-0.2, 0) is 31.3 Å². The van der Waals surface area contributed by atoms with Gasteiger partial charge >= 0.3 is 0 Å². The number of thiophene rings is 1. The number of nitrogens with zero attached hydrogens (tertiary/aromatic N) is 2. The van der Waals surface area contributed by atoms with E-state index in [-0.39, 0.29) is 48.9 Å². The maximum Gasteiger partial charge on any atom is 0.162 e. The molecule has 0 spiro atoms. The van der Waals surface area contributed by atoms with Gasteiger partial charge in [0.25, 0.3) is 0 Å². The van der Waals surface area contributed by atoms with Crippen molar-refractivity contribution < 1.29 is 31.4 Å². The molecule has 0 unspecified atom stereocenters. The van der Waals surface area contributed by atoms with Gasteiger partial charge in [0.2, 0.25) is 0 Å². The van der Waals surface area contributed by atoms with Crippen molar-refractivity contribution >= 4 is 48.2 Å². The number of fused-ring (bicyclic) bond motifs is 4. The van der Waals surface area contributed by atoms with E-state index in [9.17, 15) is 9.90 Å². The smallest absolute Gasteiger partial charge is 0.162 e. The second-order valence-electron chi connectivity index (χ2n) is 12.4. The van der Waals surface area contributed by atoms with E-state index in [1.165, 1.54) is 16.3 Å². The number of aliphatic hydroxyl groups excluding tert-OH is 1. The molecule has 5 rings (SSSR count). The predicted octanol–water partition coefficient (Wildman–Crippen LogP) is 10.9. The Kier molecular flexibility index (Phi) is 12.3. The van der Waals surface area contributed by atoms with Gasteiger partial charge in [0, 0.05) is 59.9 Å². The van der Waals surface area contributed by atoms with Gasteiger partial charge in [-0.15, -0.1) is 41.0 Å². The maximum absolute atomic E-state index is 11.7. The van der Waals surface area contributed by atoms with Crippen molar-refractivity contribution in [2.75, 3.05) is 0 Å². The minimum Gasteiger partial charge on any atom is -0.512 e. The fourth-order valence-electron chi connectivity index (χ4n) is 5.49. The van der Waals surface area contributed by atoms with Crippen molar-refractivity contribution in [2.45, 2.75) is 80.6 Å². The number of hydrogen-bond acceptors (Lipinski definition) is 5. The van der Waals surface area contributed by atoms with Gasteiger partial charge in [0.05, 0.1) is 11.3 Å². The Hall–Kier alpha value is -2.92. The Morgan fingerprint density at radius 2 is 1.68 bits per heavy atom. The molecule has 0 bridgehead atoms. The summed E-state index contributed by atoms with van der Waals surface area (Å²) in [6.07, 6.45) is 7.57. The Labute approximate surface area is 281 Å². The number of aliphatic hydroxyl groups is 1. The van der Waals surface area contributed by atoms with Gasteiger partial charge in [0.15, 0.2) is 5.78 Å². The Bertz CT molecular complexity index is 1780.